The minimum Gasteiger partial charge on any atom is -0.507 e. The molecule has 0 heterocycles. The lowest BCUT2D eigenvalue weighted by Crippen LogP contribution is -2.27. The molecule has 0 saturated heterocycles. The van der Waals surface area contributed by atoms with E-state index in [0.29, 0.717) is 50.3 Å². The monoisotopic (exact) mass is 1270 g/mol. The first-order chi connectivity index (χ1) is 42.8. The van der Waals surface area contributed by atoms with Gasteiger partial charge in [0, 0.05) is 116 Å². The first-order valence-corrected chi connectivity index (χ1v) is 31.1. The zero-order valence-electron chi connectivity index (χ0n) is 52.3. The number of nitriles is 1. The highest BCUT2D eigenvalue weighted by Gasteiger charge is 2.36. The van der Waals surface area contributed by atoms with Crippen LogP contribution in [-0.2, 0) is 103 Å². The number of nitrogens with one attached hydrogen (secondary N) is 1. The fourth-order valence-electron chi connectivity index (χ4n) is 10.1. The van der Waals surface area contributed by atoms with Gasteiger partial charge in [-0.2, -0.15) is 13.7 Å². The quantitative estimate of drug-likeness (QED) is 0.0152. The lowest BCUT2D eigenvalue weighted by molar-refractivity contribution is -0.117. The highest BCUT2D eigenvalue weighted by atomic mass is 32.2. The maximum Gasteiger partial charge on any atom is 0.412 e. The van der Waals surface area contributed by atoms with Gasteiger partial charge in [-0.1, -0.05) is 73.1 Å². The lowest BCUT2D eigenvalue weighted by atomic mass is 9.68. The average Bonchev–Trinajstić information content (AvgIpc) is 0.759. The molecule has 0 saturated carbocycles. The third-order valence-electron chi connectivity index (χ3n) is 15.1. The molecule has 1 aliphatic carbocycles. The van der Waals surface area contributed by atoms with Crippen LogP contribution in [0.2, 0.25) is 0 Å². The Morgan fingerprint density at radius 1 is 0.578 bits per heavy atom. The van der Waals surface area contributed by atoms with Crippen LogP contribution in [0.3, 0.4) is 0 Å². The SMILES string of the molecule is COCc1cc(C(C)(C)c2ccc(C(C)(c3cc(COC)c(O)c(COC)c3)c3cc(COC)c(O)c(COC)c3)cc2)cc(COC)c1O.COc1ccc(/C(C#N)=N/OS(=O)(=O)c2ccc(C)cc2)cc1.CS(=O)(=O)c1cccc2c1C=CC(=[N+]=N)C2=O. The number of methoxy groups -OCH3 is 7. The minimum atomic E-state index is -4.07. The third kappa shape index (κ3) is 16.3. The van der Waals surface area contributed by atoms with Crippen LogP contribution in [-0.4, -0.2) is 110 Å². The number of hydrogen-bond donors (Lipinski definition) is 4. The third-order valence-corrected chi connectivity index (χ3v) is 17.4. The van der Waals surface area contributed by atoms with Crippen LogP contribution in [0.1, 0.15) is 109 Å². The normalized spacial score (nSPS) is 12.4. The second kappa shape index (κ2) is 31.1. The highest BCUT2D eigenvalue weighted by molar-refractivity contribution is 7.90. The molecule has 0 unspecified atom stereocenters. The molecule has 0 aliphatic heterocycles. The molecular weight excluding hydrogens is 1190 g/mol. The number of phenols is 3. The predicted molar refractivity (Wildman–Crippen MR) is 338 cm³/mol. The number of oxime groups is 1. The number of rotatable bonds is 23. The lowest BCUT2D eigenvalue weighted by Gasteiger charge is -2.35. The minimum absolute atomic E-state index is 0.00292. The van der Waals surface area contributed by atoms with Crippen molar-refractivity contribution in [1.82, 2.24) is 0 Å². The summed E-state index contributed by atoms with van der Waals surface area (Å²) in [5.74, 6) is 0.639. The molecule has 22 heteroatoms. The van der Waals surface area contributed by atoms with E-state index in [1.165, 1.54) is 49.6 Å². The van der Waals surface area contributed by atoms with Crippen molar-refractivity contribution >= 4 is 43.2 Å². The van der Waals surface area contributed by atoms with E-state index < -0.39 is 36.6 Å². The van der Waals surface area contributed by atoms with Gasteiger partial charge < -0.3 is 48.5 Å². The molecule has 0 bridgehead atoms. The Balaban J connectivity index is 0.000000262. The molecule has 20 nitrogen and oxygen atoms in total. The number of aryl methyl sites for hydroxylation is 1. The fraction of sp³-hybridized carbons (Fsp3) is 0.294. The maximum atomic E-state index is 12.0. The molecular formula is C68H75N4O16S2+. The number of fused-ring (bicyclic) bond motifs is 1. The average molecular weight is 1270 g/mol. The molecule has 0 aromatic heterocycles. The number of benzene rings is 7. The first kappa shape index (κ1) is 70.2. The van der Waals surface area contributed by atoms with Gasteiger partial charge in [0.15, 0.2) is 15.5 Å². The van der Waals surface area contributed by atoms with E-state index in [2.05, 4.69) is 59.3 Å². The van der Waals surface area contributed by atoms with Gasteiger partial charge in [0.1, 0.15) is 34.0 Å². The Kier molecular flexibility index (Phi) is 24.2. The largest absolute Gasteiger partial charge is 0.507 e. The molecule has 1 aliphatic rings. The van der Waals surface area contributed by atoms with E-state index in [4.69, 9.17) is 44.0 Å². The Hall–Kier alpha value is -8.85. The van der Waals surface area contributed by atoms with Crippen molar-refractivity contribution in [3.63, 3.8) is 0 Å². The molecule has 0 atom stereocenters. The van der Waals surface area contributed by atoms with Crippen molar-refractivity contribution in [3.05, 3.63) is 217 Å². The predicted octanol–water partition coefficient (Wildman–Crippen LogP) is 11.0. The zero-order valence-corrected chi connectivity index (χ0v) is 54.0. The van der Waals surface area contributed by atoms with Crippen molar-refractivity contribution in [2.24, 2.45) is 5.16 Å². The van der Waals surface area contributed by atoms with Gasteiger partial charge in [0.25, 0.3) is 5.78 Å². The fourth-order valence-corrected chi connectivity index (χ4v) is 11.8. The van der Waals surface area contributed by atoms with E-state index in [-0.39, 0.29) is 83.7 Å². The number of Topliss-reactive ketones (excluding diaryl/α,β-unsaturated/α-hetero) is 1. The standard InChI is InChI=1S/C41H52O9.C16H14N2O4S.C11H9N2O3S/c1-40(2,34-14-26(20-45-4)37(42)27(15-34)21-46-5)32-10-12-33(13-11-32)41(3,35-16-28(22-47-6)38(43)29(17-35)23-48-7)36-18-30(24-49-8)39(44)31(19-36)25-50-9;1-12-3-9-15(10-4-12)23(19,20)22-18-16(11-17)13-5-7-14(21-2)8-6-13;1-17(15,16)10-4-2-3-8-7(10)5-6-9(13-12)11(8)14/h10-19,42-44H,20-25H2,1-9H3;3-10H,1-2H3;2-6,12H,1H3/q;;+1/b;18-16+;. The van der Waals surface area contributed by atoms with Gasteiger partial charge in [-0.05, 0) is 127 Å². The summed E-state index contributed by atoms with van der Waals surface area (Å²) in [4.78, 5) is 15.0. The second-order valence-electron chi connectivity index (χ2n) is 21.6. The number of nitrogens with zero attached hydrogens (tertiary/aromatic N) is 3. The van der Waals surface area contributed by atoms with E-state index >= 15 is 0 Å². The van der Waals surface area contributed by atoms with E-state index in [0.717, 1.165) is 39.6 Å². The number of sulfone groups is 1. The van der Waals surface area contributed by atoms with Gasteiger partial charge in [0.2, 0.25) is 0 Å². The van der Waals surface area contributed by atoms with Crippen LogP contribution in [0.25, 0.3) is 6.08 Å². The van der Waals surface area contributed by atoms with Gasteiger partial charge in [-0.15, -0.1) is 0 Å². The number of hydrogen-bond acceptors (Lipinski definition) is 19. The number of phenolic OH excluding ortho intramolecular Hbond substituents is 3. The highest BCUT2D eigenvalue weighted by Crippen LogP contribution is 2.45. The summed E-state index contributed by atoms with van der Waals surface area (Å²) in [7, 11) is 3.68. The second-order valence-corrected chi connectivity index (χ2v) is 25.1. The molecule has 8 rings (SSSR count). The van der Waals surface area contributed by atoms with Gasteiger partial charge in [-0.25, -0.2) is 8.42 Å². The molecule has 474 valence electrons. The van der Waals surface area contributed by atoms with E-state index in [1.807, 2.05) is 49.4 Å². The number of ketones is 1. The molecule has 7 aromatic carbocycles. The smallest absolute Gasteiger partial charge is 0.412 e. The van der Waals surface area contributed by atoms with Crippen LogP contribution < -0.4 is 4.74 Å². The molecule has 0 spiro atoms. The van der Waals surface area contributed by atoms with Gasteiger partial charge in [-0.3, -0.25) is 9.08 Å². The van der Waals surface area contributed by atoms with Crippen molar-refractivity contribution in [2.45, 2.75) is 88.0 Å². The first-order valence-electron chi connectivity index (χ1n) is 27.8. The van der Waals surface area contributed by atoms with Crippen molar-refractivity contribution in [3.8, 4) is 29.1 Å². The number of aromatic hydroxyl groups is 3. The molecule has 4 N–H and O–H groups in total. The number of carbonyl (C=O) groups is 1. The summed E-state index contributed by atoms with van der Waals surface area (Å²) in [6, 6.07) is 39.3. The van der Waals surface area contributed by atoms with Crippen molar-refractivity contribution < 1.29 is 79.2 Å². The van der Waals surface area contributed by atoms with E-state index in [1.54, 1.807) is 79.1 Å². The van der Waals surface area contributed by atoms with Crippen LogP contribution >= 0.6 is 0 Å². The number of allylic oxidation sites excluding steroid dienone is 1. The summed E-state index contributed by atoms with van der Waals surface area (Å²) < 4.78 is 89.6. The molecule has 90 heavy (non-hydrogen) atoms. The number of carbonyl (C=O) groups excluding carboxylic acids is 1. The Labute approximate surface area is 525 Å². The Morgan fingerprint density at radius 3 is 1.39 bits per heavy atom. The topological polar surface area (TPSA) is 294 Å². The van der Waals surface area contributed by atoms with Crippen LogP contribution in [0.4, 0.5) is 0 Å². The van der Waals surface area contributed by atoms with Gasteiger partial charge >= 0.3 is 15.8 Å². The molecule has 0 fully saturated rings. The summed E-state index contributed by atoms with van der Waals surface area (Å²) in [5, 5.41) is 45.8. The Morgan fingerprint density at radius 2 is 1.00 bits per heavy atom. The maximum absolute atomic E-state index is 12.0. The van der Waals surface area contributed by atoms with Crippen LogP contribution in [0.15, 0.2) is 148 Å². The van der Waals surface area contributed by atoms with Gasteiger partial charge in [0.05, 0.1) is 62.0 Å². The van der Waals surface area contributed by atoms with Crippen LogP contribution in [0.5, 0.6) is 23.0 Å². The molecule has 7 aromatic rings. The summed E-state index contributed by atoms with van der Waals surface area (Å²) in [6.45, 7) is 9.68. The van der Waals surface area contributed by atoms with Crippen molar-refractivity contribution in [2.75, 3.05) is 56.0 Å². The van der Waals surface area contributed by atoms with Crippen molar-refractivity contribution in [1.29, 1.82) is 10.8 Å². The summed E-state index contributed by atoms with van der Waals surface area (Å²) in [5.41, 5.74) is 16.3. The van der Waals surface area contributed by atoms with E-state index in [9.17, 15) is 36.9 Å². The number of ether oxygens (including phenoxy) is 7. The summed E-state index contributed by atoms with van der Waals surface area (Å²) >= 11 is 0. The Bertz CT molecular complexity index is 3950. The zero-order chi connectivity index (χ0) is 66.1. The summed E-state index contributed by atoms with van der Waals surface area (Å²) in [6.07, 6.45) is 3.95. The molecule has 0 radical (unpaired) electrons. The molecule has 0 amide bonds. The van der Waals surface area contributed by atoms with Crippen LogP contribution in [0, 0.1) is 23.8 Å².